The van der Waals surface area contributed by atoms with Crippen molar-refractivity contribution in [2.75, 3.05) is 5.32 Å². The normalized spacial score (nSPS) is 11.0. The molecule has 2 N–H and O–H groups in total. The zero-order valence-corrected chi connectivity index (χ0v) is 17.0. The Hall–Kier alpha value is -4.26. The van der Waals surface area contributed by atoms with Gasteiger partial charge in [-0.15, -0.1) is 0 Å². The van der Waals surface area contributed by atoms with Crippen molar-refractivity contribution in [1.82, 2.24) is 15.0 Å². The van der Waals surface area contributed by atoms with Gasteiger partial charge in [-0.25, -0.2) is 14.4 Å². The average molecular weight is 426 g/mol. The van der Waals surface area contributed by atoms with Crippen molar-refractivity contribution < 1.29 is 13.6 Å². The second-order valence-electron chi connectivity index (χ2n) is 7.42. The number of imidazole rings is 1. The van der Waals surface area contributed by atoms with Gasteiger partial charge in [0.2, 0.25) is 11.8 Å². The number of hydrogen-bond acceptors (Lipinski definition) is 4. The monoisotopic (exact) mass is 426 g/mol. The third-order valence-electron chi connectivity index (χ3n) is 5.04. The summed E-state index contributed by atoms with van der Waals surface area (Å²) >= 11 is 0. The minimum Gasteiger partial charge on any atom is -0.444 e. The summed E-state index contributed by atoms with van der Waals surface area (Å²) in [6.07, 6.45) is 1.95. The average Bonchev–Trinajstić information content (AvgIpc) is 3.42. The topological polar surface area (TPSA) is 83.8 Å². The van der Waals surface area contributed by atoms with Crippen LogP contribution in [0.3, 0.4) is 0 Å². The number of carbonyl (C=O) groups is 1. The van der Waals surface area contributed by atoms with Gasteiger partial charge in [0, 0.05) is 17.7 Å². The SMILES string of the molecule is O=C(Cc1coc(-c2ccccc2)n1)Nc1ccc2nc(Cc3ccccc3F)[nH]c2c1. The Kier molecular flexibility index (Phi) is 5.21. The molecule has 0 saturated heterocycles. The van der Waals surface area contributed by atoms with Gasteiger partial charge in [0.15, 0.2) is 0 Å². The summed E-state index contributed by atoms with van der Waals surface area (Å²) in [5.74, 6) is 0.673. The van der Waals surface area contributed by atoms with E-state index in [0.29, 0.717) is 35.1 Å². The van der Waals surface area contributed by atoms with E-state index in [2.05, 4.69) is 20.3 Å². The van der Waals surface area contributed by atoms with E-state index in [1.54, 1.807) is 24.3 Å². The number of H-pyrrole nitrogens is 1. The maximum atomic E-state index is 13.9. The van der Waals surface area contributed by atoms with E-state index in [0.717, 1.165) is 16.6 Å². The molecule has 1 amide bonds. The molecule has 7 heteroatoms. The van der Waals surface area contributed by atoms with E-state index in [1.165, 1.54) is 12.3 Å². The second kappa shape index (κ2) is 8.47. The fraction of sp³-hybridized carbons (Fsp3) is 0.0800. The number of nitrogens with zero attached hydrogens (tertiary/aromatic N) is 2. The largest absolute Gasteiger partial charge is 0.444 e. The van der Waals surface area contributed by atoms with Crippen LogP contribution in [0, 0.1) is 5.82 Å². The number of halogens is 1. The number of aromatic nitrogens is 3. The van der Waals surface area contributed by atoms with Gasteiger partial charge in [-0.3, -0.25) is 4.79 Å². The molecule has 0 fully saturated rings. The summed E-state index contributed by atoms with van der Waals surface area (Å²) in [7, 11) is 0. The summed E-state index contributed by atoms with van der Waals surface area (Å²) in [4.78, 5) is 24.6. The highest BCUT2D eigenvalue weighted by Crippen LogP contribution is 2.21. The molecule has 0 unspecified atom stereocenters. The molecular formula is C25H19FN4O2. The smallest absolute Gasteiger partial charge is 0.230 e. The molecule has 32 heavy (non-hydrogen) atoms. The first-order valence-corrected chi connectivity index (χ1v) is 10.2. The number of nitrogens with one attached hydrogen (secondary N) is 2. The number of fused-ring (bicyclic) bond motifs is 1. The molecule has 0 atom stereocenters. The van der Waals surface area contributed by atoms with Crippen LogP contribution in [0.4, 0.5) is 10.1 Å². The van der Waals surface area contributed by atoms with Crippen LogP contribution in [-0.2, 0) is 17.6 Å². The Morgan fingerprint density at radius 2 is 1.81 bits per heavy atom. The molecule has 0 saturated carbocycles. The van der Waals surface area contributed by atoms with Crippen molar-refractivity contribution in [3.05, 3.63) is 102 Å². The van der Waals surface area contributed by atoms with Crippen LogP contribution in [0.5, 0.6) is 0 Å². The predicted molar refractivity (Wildman–Crippen MR) is 120 cm³/mol. The first kappa shape index (κ1) is 19.7. The van der Waals surface area contributed by atoms with Gasteiger partial charge >= 0.3 is 0 Å². The van der Waals surface area contributed by atoms with Gasteiger partial charge < -0.3 is 14.7 Å². The summed E-state index contributed by atoms with van der Waals surface area (Å²) in [5, 5.41) is 2.87. The van der Waals surface area contributed by atoms with Crippen molar-refractivity contribution in [3.63, 3.8) is 0 Å². The standard InChI is InChI=1S/C25H19FN4O2/c26-20-9-5-4-8-17(20)12-23-29-21-11-10-18(13-22(21)30-23)27-24(31)14-19-15-32-25(28-19)16-6-2-1-3-7-16/h1-11,13,15H,12,14H2,(H,27,31)(H,29,30). The van der Waals surface area contributed by atoms with E-state index in [1.807, 2.05) is 42.5 Å². The highest BCUT2D eigenvalue weighted by molar-refractivity contribution is 5.94. The maximum absolute atomic E-state index is 13.9. The third-order valence-corrected chi connectivity index (χ3v) is 5.04. The maximum Gasteiger partial charge on any atom is 0.230 e. The van der Waals surface area contributed by atoms with Crippen molar-refractivity contribution in [3.8, 4) is 11.5 Å². The third kappa shape index (κ3) is 4.27. The highest BCUT2D eigenvalue weighted by Gasteiger charge is 2.12. The van der Waals surface area contributed by atoms with Crippen LogP contribution >= 0.6 is 0 Å². The summed E-state index contributed by atoms with van der Waals surface area (Å²) < 4.78 is 19.4. The summed E-state index contributed by atoms with van der Waals surface area (Å²) in [6, 6.07) is 21.6. The molecule has 0 aliphatic heterocycles. The van der Waals surface area contributed by atoms with E-state index >= 15 is 0 Å². The molecular weight excluding hydrogens is 407 g/mol. The second-order valence-corrected chi connectivity index (χ2v) is 7.42. The highest BCUT2D eigenvalue weighted by atomic mass is 19.1. The lowest BCUT2D eigenvalue weighted by molar-refractivity contribution is -0.115. The van der Waals surface area contributed by atoms with Crippen molar-refractivity contribution >= 4 is 22.6 Å². The van der Waals surface area contributed by atoms with Crippen LogP contribution in [0.15, 0.2) is 83.5 Å². The minimum atomic E-state index is -0.260. The quantitative estimate of drug-likeness (QED) is 0.394. The van der Waals surface area contributed by atoms with Crippen LogP contribution in [-0.4, -0.2) is 20.9 Å². The zero-order valence-electron chi connectivity index (χ0n) is 17.0. The van der Waals surface area contributed by atoms with Crippen molar-refractivity contribution in [2.45, 2.75) is 12.8 Å². The van der Waals surface area contributed by atoms with Crippen LogP contribution in [0.1, 0.15) is 17.1 Å². The Bertz CT molecular complexity index is 1390. The molecule has 0 spiro atoms. The van der Waals surface area contributed by atoms with Crippen LogP contribution < -0.4 is 5.32 Å². The van der Waals surface area contributed by atoms with Gasteiger partial charge in [-0.1, -0.05) is 36.4 Å². The fourth-order valence-corrected chi connectivity index (χ4v) is 3.52. The lowest BCUT2D eigenvalue weighted by Gasteiger charge is -2.03. The van der Waals surface area contributed by atoms with Gasteiger partial charge in [0.1, 0.15) is 17.9 Å². The van der Waals surface area contributed by atoms with Gasteiger partial charge in [-0.05, 0) is 42.0 Å². The molecule has 5 rings (SSSR count). The molecule has 2 heterocycles. The number of anilines is 1. The molecule has 0 aliphatic rings. The Morgan fingerprint density at radius 3 is 2.66 bits per heavy atom. The van der Waals surface area contributed by atoms with E-state index in [9.17, 15) is 9.18 Å². The Morgan fingerprint density at radius 1 is 1.00 bits per heavy atom. The first-order chi connectivity index (χ1) is 15.6. The van der Waals surface area contributed by atoms with E-state index in [4.69, 9.17) is 4.42 Å². The van der Waals surface area contributed by atoms with Crippen LogP contribution in [0.2, 0.25) is 0 Å². The number of hydrogen-bond donors (Lipinski definition) is 2. The number of benzene rings is 3. The van der Waals surface area contributed by atoms with Crippen LogP contribution in [0.25, 0.3) is 22.5 Å². The number of rotatable bonds is 6. The molecule has 0 aliphatic carbocycles. The Labute approximate surface area is 183 Å². The fourth-order valence-electron chi connectivity index (χ4n) is 3.52. The summed E-state index contributed by atoms with van der Waals surface area (Å²) in [5.41, 5.74) is 4.13. The molecule has 0 radical (unpaired) electrons. The molecule has 158 valence electrons. The molecule has 6 nitrogen and oxygen atoms in total. The molecule has 5 aromatic rings. The van der Waals surface area contributed by atoms with Crippen molar-refractivity contribution in [1.29, 1.82) is 0 Å². The minimum absolute atomic E-state index is 0.0931. The van der Waals surface area contributed by atoms with Crippen molar-refractivity contribution in [2.24, 2.45) is 0 Å². The van der Waals surface area contributed by atoms with Gasteiger partial charge in [0.25, 0.3) is 0 Å². The molecule has 2 aromatic heterocycles. The number of oxazole rings is 1. The van der Waals surface area contributed by atoms with Gasteiger partial charge in [-0.2, -0.15) is 0 Å². The first-order valence-electron chi connectivity index (χ1n) is 10.2. The number of aromatic amines is 1. The van der Waals surface area contributed by atoms with E-state index < -0.39 is 0 Å². The zero-order chi connectivity index (χ0) is 21.9. The van der Waals surface area contributed by atoms with Gasteiger partial charge in [0.05, 0.1) is 23.1 Å². The predicted octanol–water partition coefficient (Wildman–Crippen LogP) is 5.13. The molecule has 0 bridgehead atoms. The number of carbonyl (C=O) groups excluding carboxylic acids is 1. The summed E-state index contributed by atoms with van der Waals surface area (Å²) in [6.45, 7) is 0. The Balaban J connectivity index is 1.26. The van der Waals surface area contributed by atoms with E-state index in [-0.39, 0.29) is 18.1 Å². The number of amides is 1. The lowest BCUT2D eigenvalue weighted by atomic mass is 10.1. The molecule has 3 aromatic carbocycles. The lowest BCUT2D eigenvalue weighted by Crippen LogP contribution is -2.14.